The Morgan fingerprint density at radius 2 is 2.20 bits per heavy atom. The van der Waals surface area contributed by atoms with Gasteiger partial charge in [0.1, 0.15) is 0 Å². The molecule has 0 saturated carbocycles. The van der Waals surface area contributed by atoms with E-state index in [1.165, 1.54) is 10.9 Å². The van der Waals surface area contributed by atoms with E-state index in [1.807, 2.05) is 24.4 Å². The first-order valence-electron chi connectivity index (χ1n) is 5.25. The molecule has 2 heteroatoms. The summed E-state index contributed by atoms with van der Waals surface area (Å²) in [6, 6.07) is 8.34. The number of allylic oxidation sites excluding steroid dienone is 1. The minimum atomic E-state index is 0.0964. The smallest absolute Gasteiger partial charge is 0.0457 e. The zero-order valence-corrected chi connectivity index (χ0v) is 8.74. The molecule has 1 atom stereocenters. The molecule has 0 aliphatic heterocycles. The molecule has 0 aliphatic rings. The second-order valence-electron chi connectivity index (χ2n) is 3.76. The first-order valence-corrected chi connectivity index (χ1v) is 5.25. The van der Waals surface area contributed by atoms with Crippen molar-refractivity contribution < 1.29 is 0 Å². The molecule has 0 radical (unpaired) electrons. The second kappa shape index (κ2) is 4.32. The Morgan fingerprint density at radius 1 is 1.40 bits per heavy atom. The molecule has 0 amide bonds. The maximum Gasteiger partial charge on any atom is 0.0457 e. The Morgan fingerprint density at radius 3 is 3.00 bits per heavy atom. The van der Waals surface area contributed by atoms with Crippen molar-refractivity contribution in [3.63, 3.8) is 0 Å². The number of para-hydroxylation sites is 1. The molecule has 2 nitrogen and oxygen atoms in total. The van der Waals surface area contributed by atoms with Crippen LogP contribution in [-0.2, 0) is 0 Å². The number of hydrogen-bond acceptors (Lipinski definition) is 1. The molecule has 0 saturated heterocycles. The van der Waals surface area contributed by atoms with Crippen molar-refractivity contribution in [3.8, 4) is 0 Å². The van der Waals surface area contributed by atoms with E-state index in [-0.39, 0.29) is 6.04 Å². The molecule has 78 valence electrons. The Bertz CT molecular complexity index is 456. The summed E-state index contributed by atoms with van der Waals surface area (Å²) in [5.74, 6) is 0. The lowest BCUT2D eigenvalue weighted by atomic mass is 10.0. The monoisotopic (exact) mass is 200 g/mol. The van der Waals surface area contributed by atoms with Gasteiger partial charge in [0.2, 0.25) is 0 Å². The summed E-state index contributed by atoms with van der Waals surface area (Å²) >= 11 is 0. The van der Waals surface area contributed by atoms with Crippen molar-refractivity contribution in [1.29, 1.82) is 0 Å². The van der Waals surface area contributed by atoms with E-state index < -0.39 is 0 Å². The number of nitrogens with one attached hydrogen (secondary N) is 1. The average molecular weight is 200 g/mol. The van der Waals surface area contributed by atoms with Crippen LogP contribution in [0, 0.1) is 0 Å². The van der Waals surface area contributed by atoms with Crippen LogP contribution in [0.1, 0.15) is 24.4 Å². The number of nitrogens with two attached hydrogens (primary N) is 1. The third kappa shape index (κ3) is 1.95. The van der Waals surface area contributed by atoms with E-state index in [1.54, 1.807) is 0 Å². The van der Waals surface area contributed by atoms with Crippen LogP contribution in [0.2, 0.25) is 0 Å². The molecule has 2 aromatic rings. The van der Waals surface area contributed by atoms with Crippen LogP contribution in [0.25, 0.3) is 10.9 Å². The van der Waals surface area contributed by atoms with Gasteiger partial charge >= 0.3 is 0 Å². The van der Waals surface area contributed by atoms with Gasteiger partial charge in [0, 0.05) is 23.1 Å². The van der Waals surface area contributed by atoms with Crippen LogP contribution in [0.5, 0.6) is 0 Å². The molecule has 3 N–H and O–H groups in total. The maximum atomic E-state index is 6.12. The van der Waals surface area contributed by atoms with E-state index in [9.17, 15) is 0 Å². The van der Waals surface area contributed by atoms with Crippen LogP contribution in [0.3, 0.4) is 0 Å². The molecule has 1 heterocycles. The fourth-order valence-corrected chi connectivity index (χ4v) is 1.85. The number of fused-ring (bicyclic) bond motifs is 1. The van der Waals surface area contributed by atoms with Crippen LogP contribution >= 0.6 is 0 Å². The van der Waals surface area contributed by atoms with Crippen molar-refractivity contribution in [1.82, 2.24) is 4.98 Å². The minimum Gasteiger partial charge on any atom is -0.361 e. The number of aromatic nitrogens is 1. The van der Waals surface area contributed by atoms with Crippen molar-refractivity contribution in [3.05, 3.63) is 48.7 Å². The lowest BCUT2D eigenvalue weighted by Crippen LogP contribution is -2.08. The molecule has 0 aliphatic carbocycles. The van der Waals surface area contributed by atoms with Gasteiger partial charge in [-0.05, 0) is 24.5 Å². The Labute approximate surface area is 89.8 Å². The van der Waals surface area contributed by atoms with Gasteiger partial charge in [-0.1, -0.05) is 24.3 Å². The zero-order chi connectivity index (χ0) is 10.7. The number of benzene rings is 1. The lowest BCUT2D eigenvalue weighted by molar-refractivity contribution is 0.666. The molecular weight excluding hydrogens is 184 g/mol. The van der Waals surface area contributed by atoms with Gasteiger partial charge in [-0.2, -0.15) is 0 Å². The van der Waals surface area contributed by atoms with Gasteiger partial charge in [-0.25, -0.2) is 0 Å². The van der Waals surface area contributed by atoms with E-state index in [0.717, 1.165) is 18.4 Å². The number of rotatable bonds is 4. The maximum absolute atomic E-state index is 6.12. The van der Waals surface area contributed by atoms with Gasteiger partial charge in [-0.15, -0.1) is 6.58 Å². The van der Waals surface area contributed by atoms with Gasteiger partial charge < -0.3 is 10.7 Å². The Balaban J connectivity index is 2.30. The SMILES string of the molecule is C=CCC[C@H](N)c1c[nH]c2ccccc12. The highest BCUT2D eigenvalue weighted by molar-refractivity contribution is 5.83. The summed E-state index contributed by atoms with van der Waals surface area (Å²) in [4.78, 5) is 3.24. The summed E-state index contributed by atoms with van der Waals surface area (Å²) < 4.78 is 0. The fourth-order valence-electron chi connectivity index (χ4n) is 1.85. The highest BCUT2D eigenvalue weighted by Crippen LogP contribution is 2.25. The summed E-state index contributed by atoms with van der Waals surface area (Å²) in [5.41, 5.74) is 8.48. The highest BCUT2D eigenvalue weighted by Gasteiger charge is 2.09. The lowest BCUT2D eigenvalue weighted by Gasteiger charge is -2.08. The van der Waals surface area contributed by atoms with Gasteiger partial charge in [0.25, 0.3) is 0 Å². The average Bonchev–Trinajstić information content (AvgIpc) is 2.69. The largest absolute Gasteiger partial charge is 0.361 e. The molecule has 0 fully saturated rings. The molecule has 0 unspecified atom stereocenters. The molecule has 15 heavy (non-hydrogen) atoms. The van der Waals surface area contributed by atoms with Crippen LogP contribution in [0.15, 0.2) is 43.1 Å². The number of aromatic amines is 1. The van der Waals surface area contributed by atoms with Crippen molar-refractivity contribution in [2.24, 2.45) is 5.73 Å². The van der Waals surface area contributed by atoms with Crippen LogP contribution in [-0.4, -0.2) is 4.98 Å². The quantitative estimate of drug-likeness (QED) is 0.731. The topological polar surface area (TPSA) is 41.8 Å². The van der Waals surface area contributed by atoms with Crippen LogP contribution < -0.4 is 5.73 Å². The molecule has 0 spiro atoms. The number of hydrogen-bond donors (Lipinski definition) is 2. The zero-order valence-electron chi connectivity index (χ0n) is 8.74. The van der Waals surface area contributed by atoms with Gasteiger partial charge in [0.05, 0.1) is 0 Å². The minimum absolute atomic E-state index is 0.0964. The fraction of sp³-hybridized carbons (Fsp3) is 0.231. The van der Waals surface area contributed by atoms with E-state index in [2.05, 4.69) is 23.7 Å². The van der Waals surface area contributed by atoms with E-state index in [0.29, 0.717) is 0 Å². The summed E-state index contributed by atoms with van der Waals surface area (Å²) in [6.45, 7) is 3.71. The highest BCUT2D eigenvalue weighted by atomic mass is 14.7. The van der Waals surface area contributed by atoms with E-state index in [4.69, 9.17) is 5.73 Å². The molecule has 1 aromatic carbocycles. The third-order valence-corrected chi connectivity index (χ3v) is 2.70. The van der Waals surface area contributed by atoms with E-state index >= 15 is 0 Å². The molecule has 1 aromatic heterocycles. The predicted molar refractivity (Wildman–Crippen MR) is 64.7 cm³/mol. The summed E-state index contributed by atoms with van der Waals surface area (Å²) in [7, 11) is 0. The van der Waals surface area contributed by atoms with Crippen molar-refractivity contribution in [2.45, 2.75) is 18.9 Å². The van der Waals surface area contributed by atoms with Gasteiger partial charge in [-0.3, -0.25) is 0 Å². The summed E-state index contributed by atoms with van der Waals surface area (Å²) in [5, 5.41) is 1.23. The second-order valence-corrected chi connectivity index (χ2v) is 3.76. The third-order valence-electron chi connectivity index (χ3n) is 2.70. The molecular formula is C13H16N2. The predicted octanol–water partition coefficient (Wildman–Crippen LogP) is 3.13. The van der Waals surface area contributed by atoms with Gasteiger partial charge in [0.15, 0.2) is 0 Å². The Kier molecular flexibility index (Phi) is 2.88. The Hall–Kier alpha value is -1.54. The van der Waals surface area contributed by atoms with Crippen molar-refractivity contribution >= 4 is 10.9 Å². The first-order chi connectivity index (χ1) is 7.33. The molecule has 2 rings (SSSR count). The van der Waals surface area contributed by atoms with Crippen LogP contribution in [0.4, 0.5) is 0 Å². The summed E-state index contributed by atoms with van der Waals surface area (Å²) in [6.07, 6.45) is 5.83. The number of H-pyrrole nitrogens is 1. The first kappa shape index (κ1) is 9.99. The van der Waals surface area contributed by atoms with Crippen molar-refractivity contribution in [2.75, 3.05) is 0 Å². The molecule has 0 bridgehead atoms. The standard InChI is InChI=1S/C13H16N2/c1-2-3-7-12(14)11-9-15-13-8-5-4-6-10(11)13/h2,4-6,8-9,12,15H,1,3,7,14H2/t12-/m0/s1. The normalized spacial score (nSPS) is 12.9.